The van der Waals surface area contributed by atoms with E-state index in [0.717, 1.165) is 37.7 Å². The molecule has 0 heterocycles. The smallest absolute Gasteiger partial charge is 0.326 e. The normalized spacial score (nSPS) is 12.4. The highest BCUT2D eigenvalue weighted by molar-refractivity contribution is 5.83. The summed E-state index contributed by atoms with van der Waals surface area (Å²) in [4.78, 5) is 23.5. The van der Waals surface area contributed by atoms with E-state index in [4.69, 9.17) is 0 Å². The molecule has 0 aliphatic rings. The molecule has 0 radical (unpaired) electrons. The monoisotopic (exact) mass is 427 g/mol. The molecule has 2 N–H and O–H groups in total. The Morgan fingerprint density at radius 1 is 0.871 bits per heavy atom. The van der Waals surface area contributed by atoms with Gasteiger partial charge in [-0.2, -0.15) is 0 Å². The lowest BCUT2D eigenvalue weighted by Crippen LogP contribution is -2.42. The van der Waals surface area contributed by atoms with Crippen LogP contribution in [0.3, 0.4) is 0 Å². The van der Waals surface area contributed by atoms with Crippen LogP contribution in [0.1, 0.15) is 89.5 Å². The molecular weight excluding hydrogens is 386 g/mol. The first-order valence-corrected chi connectivity index (χ1v) is 12.0. The minimum atomic E-state index is -0.989. The summed E-state index contributed by atoms with van der Waals surface area (Å²) in [6.45, 7) is 2.23. The Balaban J connectivity index is 2.03. The average molecular weight is 428 g/mol. The van der Waals surface area contributed by atoms with E-state index >= 15 is 0 Å². The molecule has 0 spiro atoms. The molecule has 0 fully saturated rings. The fourth-order valence-corrected chi connectivity index (χ4v) is 3.41. The summed E-state index contributed by atoms with van der Waals surface area (Å²) in [6.07, 6.45) is 22.3. The second kappa shape index (κ2) is 18.4. The van der Waals surface area contributed by atoms with E-state index in [9.17, 15) is 14.7 Å². The third kappa shape index (κ3) is 15.1. The lowest BCUT2D eigenvalue weighted by molar-refractivity contribution is -0.141. The van der Waals surface area contributed by atoms with Crippen molar-refractivity contribution in [3.8, 4) is 0 Å². The molecule has 1 rings (SSSR count). The van der Waals surface area contributed by atoms with Crippen LogP contribution in [-0.2, 0) is 16.0 Å². The molecule has 1 atom stereocenters. The molecule has 0 saturated heterocycles. The lowest BCUT2D eigenvalue weighted by Gasteiger charge is -2.14. The summed E-state index contributed by atoms with van der Waals surface area (Å²) in [5.74, 6) is -1.16. The average Bonchev–Trinajstić information content (AvgIpc) is 2.76. The summed E-state index contributed by atoms with van der Waals surface area (Å²) in [6, 6.07) is 8.53. The molecule has 0 aliphatic heterocycles. The number of hydrogen-bond donors (Lipinski definition) is 2. The number of benzene rings is 1. The molecule has 0 saturated carbocycles. The Morgan fingerprint density at radius 3 is 2.13 bits per heavy atom. The minimum absolute atomic E-state index is 0.172. The van der Waals surface area contributed by atoms with Gasteiger partial charge in [-0.15, -0.1) is 0 Å². The highest BCUT2D eigenvalue weighted by Gasteiger charge is 2.19. The number of carboxylic acids is 1. The number of allylic oxidation sites excluding steroid dienone is 4. The lowest BCUT2D eigenvalue weighted by atomic mass is 10.1. The van der Waals surface area contributed by atoms with Crippen LogP contribution in [0.15, 0.2) is 54.6 Å². The summed E-state index contributed by atoms with van der Waals surface area (Å²) in [5, 5.41) is 12.0. The van der Waals surface area contributed by atoms with E-state index < -0.39 is 12.0 Å². The van der Waals surface area contributed by atoms with Gasteiger partial charge in [0.15, 0.2) is 0 Å². The van der Waals surface area contributed by atoms with Gasteiger partial charge in [0.2, 0.25) is 5.91 Å². The Labute approximate surface area is 188 Å². The van der Waals surface area contributed by atoms with Gasteiger partial charge >= 0.3 is 5.97 Å². The molecule has 4 heteroatoms. The van der Waals surface area contributed by atoms with Crippen LogP contribution in [0, 0.1) is 0 Å². The van der Waals surface area contributed by atoms with Crippen LogP contribution >= 0.6 is 0 Å². The van der Waals surface area contributed by atoms with Gasteiger partial charge in [-0.3, -0.25) is 4.79 Å². The summed E-state index contributed by atoms with van der Waals surface area (Å²) in [5.41, 5.74) is 0.909. The zero-order chi connectivity index (χ0) is 22.6. The van der Waals surface area contributed by atoms with E-state index in [2.05, 4.69) is 36.5 Å². The van der Waals surface area contributed by atoms with Gasteiger partial charge in [0, 0.05) is 12.8 Å². The maximum Gasteiger partial charge on any atom is 0.326 e. The third-order valence-electron chi connectivity index (χ3n) is 5.27. The second-order valence-electron chi connectivity index (χ2n) is 8.13. The number of carboxylic acid groups (broad SMARTS) is 1. The molecule has 0 aromatic heterocycles. The van der Waals surface area contributed by atoms with E-state index in [1.54, 1.807) is 0 Å². The zero-order valence-electron chi connectivity index (χ0n) is 19.2. The first-order chi connectivity index (χ1) is 15.1. The molecule has 1 aromatic rings. The van der Waals surface area contributed by atoms with Crippen molar-refractivity contribution in [1.82, 2.24) is 5.32 Å². The Hall–Kier alpha value is -2.36. The van der Waals surface area contributed by atoms with Gasteiger partial charge < -0.3 is 10.4 Å². The van der Waals surface area contributed by atoms with Crippen LogP contribution in [0.5, 0.6) is 0 Å². The number of carbonyl (C=O) groups excluding carboxylic acids is 1. The summed E-state index contributed by atoms with van der Waals surface area (Å²) < 4.78 is 0. The van der Waals surface area contributed by atoms with Crippen LogP contribution in [0.2, 0.25) is 0 Å². The number of rotatable bonds is 18. The number of nitrogens with one attached hydrogen (secondary N) is 1. The van der Waals surface area contributed by atoms with Crippen LogP contribution in [0.25, 0.3) is 0 Å². The zero-order valence-corrected chi connectivity index (χ0v) is 19.2. The van der Waals surface area contributed by atoms with Crippen molar-refractivity contribution in [2.45, 2.75) is 96.4 Å². The van der Waals surface area contributed by atoms with Crippen LogP contribution < -0.4 is 5.32 Å². The van der Waals surface area contributed by atoms with E-state index in [1.807, 2.05) is 30.3 Å². The summed E-state index contributed by atoms with van der Waals surface area (Å²) in [7, 11) is 0. The van der Waals surface area contributed by atoms with Gasteiger partial charge in [0.25, 0.3) is 0 Å². The first kappa shape index (κ1) is 26.7. The molecule has 1 amide bonds. The number of carbonyl (C=O) groups is 2. The molecule has 172 valence electrons. The van der Waals surface area contributed by atoms with Crippen molar-refractivity contribution in [2.24, 2.45) is 0 Å². The number of hydrogen-bond acceptors (Lipinski definition) is 2. The molecule has 31 heavy (non-hydrogen) atoms. The third-order valence-corrected chi connectivity index (χ3v) is 5.27. The van der Waals surface area contributed by atoms with Crippen molar-refractivity contribution in [3.05, 3.63) is 60.2 Å². The molecular formula is C27H41NO3. The number of amides is 1. The molecule has 0 bridgehead atoms. The van der Waals surface area contributed by atoms with Gasteiger partial charge in [-0.1, -0.05) is 93.7 Å². The van der Waals surface area contributed by atoms with Crippen molar-refractivity contribution < 1.29 is 14.7 Å². The fraction of sp³-hybridized carbons (Fsp3) is 0.556. The molecule has 1 aromatic carbocycles. The van der Waals surface area contributed by atoms with Gasteiger partial charge in [0.1, 0.15) is 6.04 Å². The molecule has 4 nitrogen and oxygen atoms in total. The second-order valence-corrected chi connectivity index (χ2v) is 8.13. The molecule has 0 unspecified atom stereocenters. The van der Waals surface area contributed by atoms with Crippen molar-refractivity contribution >= 4 is 11.9 Å². The Kier molecular flexibility index (Phi) is 15.8. The maximum atomic E-state index is 12.1. The molecule has 0 aliphatic carbocycles. The van der Waals surface area contributed by atoms with Crippen molar-refractivity contribution in [2.75, 3.05) is 0 Å². The Morgan fingerprint density at radius 2 is 1.48 bits per heavy atom. The van der Waals surface area contributed by atoms with Crippen LogP contribution in [-0.4, -0.2) is 23.0 Å². The maximum absolute atomic E-state index is 12.1. The SMILES string of the molecule is CCCCC/C=C/C/C=C/CCCCCCCC(=O)N[C@@H](Cc1ccccc1)C(=O)O. The van der Waals surface area contributed by atoms with Crippen LogP contribution in [0.4, 0.5) is 0 Å². The first-order valence-electron chi connectivity index (χ1n) is 12.0. The predicted molar refractivity (Wildman–Crippen MR) is 129 cm³/mol. The predicted octanol–water partition coefficient (Wildman–Crippen LogP) is 6.61. The van der Waals surface area contributed by atoms with E-state index in [1.165, 1.54) is 38.5 Å². The van der Waals surface area contributed by atoms with E-state index in [0.29, 0.717) is 12.8 Å². The van der Waals surface area contributed by atoms with Crippen molar-refractivity contribution in [1.29, 1.82) is 0 Å². The minimum Gasteiger partial charge on any atom is -0.480 e. The standard InChI is InChI=1S/C27H41NO3/c1-2-3-4-5-6-7-8-9-10-11-12-13-14-15-19-22-26(29)28-25(27(30)31)23-24-20-17-16-18-21-24/h6-7,9-10,16-18,20-21,25H,2-5,8,11-15,19,22-23H2,1H3,(H,28,29)(H,30,31)/b7-6+,10-9+/t25-/m0/s1. The van der Waals surface area contributed by atoms with Crippen molar-refractivity contribution in [3.63, 3.8) is 0 Å². The quantitative estimate of drug-likeness (QED) is 0.204. The van der Waals surface area contributed by atoms with Gasteiger partial charge in [0.05, 0.1) is 0 Å². The largest absolute Gasteiger partial charge is 0.480 e. The number of aliphatic carboxylic acids is 1. The summed E-state index contributed by atoms with van der Waals surface area (Å²) >= 11 is 0. The highest BCUT2D eigenvalue weighted by Crippen LogP contribution is 2.09. The van der Waals surface area contributed by atoms with E-state index in [-0.39, 0.29) is 5.91 Å². The highest BCUT2D eigenvalue weighted by atomic mass is 16.4. The topological polar surface area (TPSA) is 66.4 Å². The Bertz CT molecular complexity index is 652. The van der Waals surface area contributed by atoms with Gasteiger partial charge in [-0.05, 0) is 44.1 Å². The fourth-order valence-electron chi connectivity index (χ4n) is 3.41. The number of unbranched alkanes of at least 4 members (excludes halogenated alkanes) is 8. The van der Waals surface area contributed by atoms with Gasteiger partial charge in [-0.25, -0.2) is 4.79 Å².